The minimum Gasteiger partial charge on any atom is -0.497 e. The first-order valence-electron chi connectivity index (χ1n) is 11.2. The summed E-state index contributed by atoms with van der Waals surface area (Å²) < 4.78 is 10.8. The zero-order valence-corrected chi connectivity index (χ0v) is 19.6. The molecule has 1 amide bonds. The Labute approximate surface area is 197 Å². The van der Waals surface area contributed by atoms with Gasteiger partial charge in [0.15, 0.2) is 17.1 Å². The number of likely N-dealkylation sites (tertiary alicyclic amines) is 1. The van der Waals surface area contributed by atoms with Gasteiger partial charge in [-0.2, -0.15) is 0 Å². The number of hydrogen-bond acceptors (Lipinski definition) is 7. The number of aliphatic hydroxyl groups is 1. The van der Waals surface area contributed by atoms with Crippen molar-refractivity contribution in [3.05, 3.63) is 69.8 Å². The average Bonchev–Trinajstić information content (AvgIpc) is 3.11. The lowest BCUT2D eigenvalue weighted by Gasteiger charge is -2.38. The second kappa shape index (κ2) is 8.39. The molecule has 9 nitrogen and oxygen atoms in total. The second-order valence-corrected chi connectivity index (χ2v) is 9.51. The van der Waals surface area contributed by atoms with Gasteiger partial charge < -0.3 is 19.5 Å². The number of methoxy groups -OCH3 is 1. The lowest BCUT2D eigenvalue weighted by atomic mass is 9.69. The number of rotatable bonds is 7. The number of nitrogens with zero attached hydrogens (tertiary/aromatic N) is 2. The molecule has 180 valence electrons. The van der Waals surface area contributed by atoms with Gasteiger partial charge in [0.1, 0.15) is 5.75 Å². The van der Waals surface area contributed by atoms with E-state index in [0.29, 0.717) is 17.7 Å². The predicted molar refractivity (Wildman–Crippen MR) is 122 cm³/mol. The van der Waals surface area contributed by atoms with Crippen LogP contribution < -0.4 is 4.74 Å². The largest absolute Gasteiger partial charge is 0.497 e. The van der Waals surface area contributed by atoms with Crippen LogP contribution in [-0.4, -0.2) is 45.6 Å². The first-order chi connectivity index (χ1) is 16.0. The Balaban J connectivity index is 1.78. The first kappa shape index (κ1) is 23.7. The quantitative estimate of drug-likeness (QED) is 0.286. The molecule has 1 N–H and O–H groups in total. The number of non-ortho nitro benzene ring substituents is 1. The minimum absolute atomic E-state index is 0.107. The van der Waals surface area contributed by atoms with Crippen molar-refractivity contribution < 1.29 is 29.1 Å². The highest BCUT2D eigenvalue weighted by Crippen LogP contribution is 2.59. The van der Waals surface area contributed by atoms with Gasteiger partial charge >= 0.3 is 5.97 Å². The third kappa shape index (κ3) is 3.42. The summed E-state index contributed by atoms with van der Waals surface area (Å²) >= 11 is 0. The number of ether oxygens (including phenoxy) is 2. The molecule has 9 heteroatoms. The fourth-order valence-electron chi connectivity index (χ4n) is 5.13. The van der Waals surface area contributed by atoms with E-state index in [0.717, 1.165) is 5.56 Å². The van der Waals surface area contributed by atoms with Crippen LogP contribution in [-0.2, 0) is 20.9 Å². The van der Waals surface area contributed by atoms with Gasteiger partial charge in [0.2, 0.25) is 5.91 Å². The Morgan fingerprint density at radius 1 is 1.15 bits per heavy atom. The molecular weight excluding hydrogens is 440 g/mol. The Kier molecular flexibility index (Phi) is 5.85. The highest BCUT2D eigenvalue weighted by Gasteiger charge is 2.78. The third-order valence-electron chi connectivity index (χ3n) is 7.02. The monoisotopic (exact) mass is 468 g/mol. The molecular formula is C25H28N2O7. The SMILES string of the molecule is COc1ccc(CN2C(=O)[C@@]3(C)C(=O)O[C@H](c4ccc([N+](=O)[O-])cc4)[C@@]3(O)[C@@H]2CC(C)C)cc1. The van der Waals surface area contributed by atoms with E-state index in [2.05, 4.69) is 0 Å². The number of amides is 1. The summed E-state index contributed by atoms with van der Waals surface area (Å²) in [6.45, 7) is 5.60. The number of hydrogen-bond donors (Lipinski definition) is 1. The summed E-state index contributed by atoms with van der Waals surface area (Å²) in [5.41, 5.74) is -2.54. The van der Waals surface area contributed by atoms with Gasteiger partial charge in [-0.15, -0.1) is 0 Å². The molecule has 0 radical (unpaired) electrons. The van der Waals surface area contributed by atoms with Gasteiger partial charge in [-0.25, -0.2) is 0 Å². The number of esters is 1. The van der Waals surface area contributed by atoms with E-state index < -0.39 is 40.0 Å². The number of nitro benzene ring substituents is 1. The van der Waals surface area contributed by atoms with E-state index in [9.17, 15) is 24.8 Å². The number of benzene rings is 2. The van der Waals surface area contributed by atoms with Gasteiger partial charge in [0.25, 0.3) is 5.69 Å². The van der Waals surface area contributed by atoms with Crippen LogP contribution in [0.5, 0.6) is 5.75 Å². The zero-order chi connectivity index (χ0) is 24.8. The molecule has 2 aliphatic rings. The molecule has 0 unspecified atom stereocenters. The van der Waals surface area contributed by atoms with Crippen LogP contribution in [0.1, 0.15) is 44.4 Å². The number of nitro groups is 1. The summed E-state index contributed by atoms with van der Waals surface area (Å²) in [4.78, 5) is 38.9. The highest BCUT2D eigenvalue weighted by molar-refractivity contribution is 6.08. The Morgan fingerprint density at radius 3 is 2.29 bits per heavy atom. The van der Waals surface area contributed by atoms with E-state index in [-0.39, 0.29) is 18.2 Å². The molecule has 0 spiro atoms. The molecule has 2 aliphatic heterocycles. The molecule has 2 aromatic carbocycles. The molecule has 2 heterocycles. The lowest BCUT2D eigenvalue weighted by Crippen LogP contribution is -2.53. The fourth-order valence-corrected chi connectivity index (χ4v) is 5.13. The number of carbonyl (C=O) groups is 2. The Morgan fingerprint density at radius 2 is 1.76 bits per heavy atom. The maximum absolute atomic E-state index is 13.7. The van der Waals surface area contributed by atoms with E-state index >= 15 is 0 Å². The fraction of sp³-hybridized carbons (Fsp3) is 0.440. The van der Waals surface area contributed by atoms with Crippen molar-refractivity contribution in [1.82, 2.24) is 4.90 Å². The second-order valence-electron chi connectivity index (χ2n) is 9.51. The van der Waals surface area contributed by atoms with Crippen molar-refractivity contribution in [3.63, 3.8) is 0 Å². The summed E-state index contributed by atoms with van der Waals surface area (Å²) in [5.74, 6) is -0.504. The van der Waals surface area contributed by atoms with E-state index in [1.54, 1.807) is 24.1 Å². The Bertz CT molecular complexity index is 1120. The van der Waals surface area contributed by atoms with Crippen molar-refractivity contribution >= 4 is 17.6 Å². The van der Waals surface area contributed by atoms with Crippen LogP contribution in [0.4, 0.5) is 5.69 Å². The summed E-state index contributed by atoms with van der Waals surface area (Å²) in [6.07, 6.45) is -0.701. The average molecular weight is 469 g/mol. The molecule has 2 fully saturated rings. The molecule has 0 aromatic heterocycles. The van der Waals surface area contributed by atoms with Crippen molar-refractivity contribution in [2.45, 2.75) is 51.5 Å². The summed E-state index contributed by atoms with van der Waals surface area (Å²) in [7, 11) is 1.57. The van der Waals surface area contributed by atoms with Crippen molar-refractivity contribution in [2.75, 3.05) is 7.11 Å². The highest BCUT2D eigenvalue weighted by atomic mass is 16.6. The van der Waals surface area contributed by atoms with E-state index in [4.69, 9.17) is 9.47 Å². The molecule has 4 atom stereocenters. The number of fused-ring (bicyclic) bond motifs is 1. The van der Waals surface area contributed by atoms with Crippen LogP contribution in [0.3, 0.4) is 0 Å². The van der Waals surface area contributed by atoms with E-state index in [1.807, 2.05) is 26.0 Å². The zero-order valence-electron chi connectivity index (χ0n) is 19.6. The lowest BCUT2D eigenvalue weighted by molar-refractivity contribution is -0.384. The first-order valence-corrected chi connectivity index (χ1v) is 11.2. The van der Waals surface area contributed by atoms with Crippen LogP contribution in [0.25, 0.3) is 0 Å². The molecule has 0 aliphatic carbocycles. The summed E-state index contributed by atoms with van der Waals surface area (Å²) in [5, 5.41) is 23.3. The number of carbonyl (C=O) groups excluding carboxylic acids is 2. The topological polar surface area (TPSA) is 119 Å². The van der Waals surface area contributed by atoms with Crippen LogP contribution in [0, 0.1) is 21.4 Å². The van der Waals surface area contributed by atoms with Gasteiger partial charge in [0.05, 0.1) is 18.1 Å². The third-order valence-corrected chi connectivity index (χ3v) is 7.02. The molecule has 2 saturated heterocycles. The molecule has 2 aromatic rings. The molecule has 34 heavy (non-hydrogen) atoms. The van der Waals surface area contributed by atoms with Crippen molar-refractivity contribution in [3.8, 4) is 5.75 Å². The maximum atomic E-state index is 13.7. The molecule has 0 bridgehead atoms. The molecule has 4 rings (SSSR count). The van der Waals surface area contributed by atoms with Crippen molar-refractivity contribution in [1.29, 1.82) is 0 Å². The minimum atomic E-state index is -1.85. The standard InChI is InChI=1S/C25H28N2O7/c1-15(2)13-20-25(30)21(17-7-9-18(10-8-17)27(31)32)34-23(29)24(25,3)22(28)26(20)14-16-5-11-19(33-4)12-6-16/h5-12,15,20-21,30H,13-14H2,1-4H3/t20-,21+,24-,25-/m0/s1. The van der Waals surface area contributed by atoms with Gasteiger partial charge in [0, 0.05) is 18.7 Å². The van der Waals surface area contributed by atoms with Crippen LogP contribution in [0.2, 0.25) is 0 Å². The van der Waals surface area contributed by atoms with Crippen LogP contribution >= 0.6 is 0 Å². The summed E-state index contributed by atoms with van der Waals surface area (Å²) in [6, 6.07) is 12.1. The number of cyclic esters (lactones) is 1. The van der Waals surface area contributed by atoms with Gasteiger partial charge in [-0.05, 0) is 54.7 Å². The molecule has 0 saturated carbocycles. The van der Waals surface area contributed by atoms with Crippen LogP contribution in [0.15, 0.2) is 48.5 Å². The maximum Gasteiger partial charge on any atom is 0.325 e. The van der Waals surface area contributed by atoms with E-state index in [1.165, 1.54) is 31.2 Å². The Hall–Kier alpha value is -3.46. The predicted octanol–water partition coefficient (Wildman–Crippen LogP) is 3.40. The van der Waals surface area contributed by atoms with Gasteiger partial charge in [-0.3, -0.25) is 19.7 Å². The normalized spacial score (nSPS) is 28.2. The van der Waals surface area contributed by atoms with Gasteiger partial charge in [-0.1, -0.05) is 26.0 Å². The smallest absolute Gasteiger partial charge is 0.325 e. The van der Waals surface area contributed by atoms with Crippen molar-refractivity contribution in [2.24, 2.45) is 11.3 Å².